The fraction of sp³-hybridized carbons (Fsp3) is 0. The predicted octanol–water partition coefficient (Wildman–Crippen LogP) is 6.70. The Hall–Kier alpha value is -1.18. The summed E-state index contributed by atoms with van der Waals surface area (Å²) in [6, 6.07) is 10.1. The summed E-state index contributed by atoms with van der Waals surface area (Å²) in [5.41, 5.74) is 1.89. The lowest BCUT2D eigenvalue weighted by Gasteiger charge is -2.19. The smallest absolute Gasteiger partial charge is 0.336 e. The standard InChI is InChI=1S/C20H8Br2I2O5/c21-14-16(25)11(23)5-9-13(7-3-1-2-4-8(7)20(27)28)10-6-12(24)17(26)15(22)19(10)29-18(9)14/h1-6,25H,(H,27,28). The molecule has 0 fully saturated rings. The number of carboxylic acids is 1. The van der Waals surface area contributed by atoms with E-state index in [0.29, 0.717) is 39.3 Å². The lowest BCUT2D eigenvalue weighted by atomic mass is 9.91. The topological polar surface area (TPSA) is 87.7 Å². The van der Waals surface area contributed by atoms with Gasteiger partial charge >= 0.3 is 5.97 Å². The molecule has 0 atom stereocenters. The first-order valence-electron chi connectivity index (χ1n) is 8.00. The lowest BCUT2D eigenvalue weighted by molar-refractivity contribution is 0.0697. The van der Waals surface area contributed by atoms with Gasteiger partial charge in [0.25, 0.3) is 0 Å². The first kappa shape index (κ1) is 21.1. The minimum Gasteiger partial charge on any atom is -0.506 e. The summed E-state index contributed by atoms with van der Waals surface area (Å²) in [5.74, 6) is -0.786. The van der Waals surface area contributed by atoms with Gasteiger partial charge in [0.2, 0.25) is 5.43 Å². The average molecular weight is 742 g/mol. The zero-order chi connectivity index (χ0) is 21.0. The van der Waals surface area contributed by atoms with E-state index in [2.05, 4.69) is 31.9 Å². The average Bonchev–Trinajstić information content (AvgIpc) is 2.69. The van der Waals surface area contributed by atoms with E-state index in [1.807, 2.05) is 45.2 Å². The Kier molecular flexibility index (Phi) is 5.68. The van der Waals surface area contributed by atoms with Gasteiger partial charge in [0.1, 0.15) is 14.7 Å². The van der Waals surface area contributed by atoms with E-state index < -0.39 is 5.97 Å². The Labute approximate surface area is 208 Å². The van der Waals surface area contributed by atoms with Crippen molar-refractivity contribution in [2.45, 2.75) is 0 Å². The molecular weight excluding hydrogens is 734 g/mol. The molecule has 0 radical (unpaired) electrons. The van der Waals surface area contributed by atoms with Crippen LogP contribution in [-0.4, -0.2) is 16.2 Å². The van der Waals surface area contributed by atoms with Gasteiger partial charge in [-0.1, -0.05) is 18.2 Å². The number of phenolic OH excluding ortho intramolecular Hbond substituents is 1. The highest BCUT2D eigenvalue weighted by molar-refractivity contribution is 14.1. The maximum absolute atomic E-state index is 12.5. The zero-order valence-corrected chi connectivity index (χ0v) is 21.6. The first-order chi connectivity index (χ1) is 13.7. The van der Waals surface area contributed by atoms with Crippen molar-refractivity contribution in [3.8, 4) is 28.2 Å². The quantitative estimate of drug-likeness (QED) is 0.177. The number of benzene rings is 3. The number of carboxylic acid groups (broad SMARTS) is 1. The highest BCUT2D eigenvalue weighted by Crippen LogP contribution is 2.48. The van der Waals surface area contributed by atoms with Gasteiger partial charge in [-0.3, -0.25) is 4.79 Å². The molecule has 1 aliphatic heterocycles. The summed E-state index contributed by atoms with van der Waals surface area (Å²) in [6.45, 7) is 0. The van der Waals surface area contributed by atoms with Gasteiger partial charge in [0.05, 0.1) is 12.7 Å². The molecule has 1 heterocycles. The van der Waals surface area contributed by atoms with Crippen molar-refractivity contribution in [2.24, 2.45) is 0 Å². The van der Waals surface area contributed by atoms with Crippen LogP contribution in [0.15, 0.2) is 54.6 Å². The molecule has 0 saturated carbocycles. The summed E-state index contributed by atoms with van der Waals surface area (Å²) in [4.78, 5) is 24.4. The minimum atomic E-state index is -1.07. The molecule has 0 spiro atoms. The third kappa shape index (κ3) is 3.39. The molecule has 146 valence electrons. The van der Waals surface area contributed by atoms with Crippen LogP contribution in [0.3, 0.4) is 0 Å². The van der Waals surface area contributed by atoms with Gasteiger partial charge in [-0.15, -0.1) is 0 Å². The van der Waals surface area contributed by atoms with Gasteiger partial charge < -0.3 is 14.6 Å². The van der Waals surface area contributed by atoms with Crippen LogP contribution in [0.25, 0.3) is 33.4 Å². The SMILES string of the molecule is O=C(O)c1ccccc1-c1c2cc(I)c(=O)c(Br)c-2oc2c(Br)c(O)c(I)cc12. The van der Waals surface area contributed by atoms with Gasteiger partial charge in [0.15, 0.2) is 11.3 Å². The number of hydrogen-bond acceptors (Lipinski definition) is 4. The number of fused-ring (bicyclic) bond motifs is 2. The molecule has 29 heavy (non-hydrogen) atoms. The Morgan fingerprint density at radius 2 is 1.69 bits per heavy atom. The van der Waals surface area contributed by atoms with E-state index in [0.717, 1.165) is 0 Å². The van der Waals surface area contributed by atoms with Crippen LogP contribution in [0.2, 0.25) is 0 Å². The third-order valence-corrected chi connectivity index (χ3v) is 7.53. The molecule has 0 amide bonds. The molecule has 2 aliphatic rings. The summed E-state index contributed by atoms with van der Waals surface area (Å²) >= 11 is 10.6. The fourth-order valence-corrected chi connectivity index (χ4v) is 6.09. The molecule has 0 aromatic heterocycles. The second-order valence-corrected chi connectivity index (χ2v) is 10.0. The first-order valence-corrected chi connectivity index (χ1v) is 11.7. The van der Waals surface area contributed by atoms with Crippen LogP contribution in [0.4, 0.5) is 0 Å². The van der Waals surface area contributed by atoms with E-state index in [4.69, 9.17) is 4.42 Å². The summed E-state index contributed by atoms with van der Waals surface area (Å²) in [6.07, 6.45) is 0. The second kappa shape index (κ2) is 7.82. The number of hydrogen-bond donors (Lipinski definition) is 2. The summed E-state index contributed by atoms with van der Waals surface area (Å²) in [7, 11) is 0. The van der Waals surface area contributed by atoms with E-state index in [1.165, 1.54) is 6.07 Å². The lowest BCUT2D eigenvalue weighted by Crippen LogP contribution is -2.10. The number of aromatic carboxylic acids is 1. The molecule has 2 N–H and O–H groups in total. The third-order valence-electron chi connectivity index (χ3n) is 4.45. The van der Waals surface area contributed by atoms with Crippen molar-refractivity contribution in [1.29, 1.82) is 0 Å². The summed E-state index contributed by atoms with van der Waals surface area (Å²) < 4.78 is 7.64. The van der Waals surface area contributed by atoms with Crippen LogP contribution in [0.1, 0.15) is 10.4 Å². The van der Waals surface area contributed by atoms with Gasteiger partial charge in [0, 0.05) is 16.5 Å². The normalized spacial score (nSPS) is 11.3. The van der Waals surface area contributed by atoms with Crippen molar-refractivity contribution in [3.63, 3.8) is 0 Å². The molecule has 9 heteroatoms. The molecule has 2 aromatic carbocycles. The predicted molar refractivity (Wildman–Crippen MR) is 134 cm³/mol. The van der Waals surface area contributed by atoms with Crippen LogP contribution in [0.5, 0.6) is 5.75 Å². The van der Waals surface area contributed by atoms with Crippen LogP contribution < -0.4 is 5.43 Å². The van der Waals surface area contributed by atoms with Crippen molar-refractivity contribution >= 4 is 94.0 Å². The molecule has 1 aliphatic carbocycles. The molecular formula is C20H8Br2I2O5. The van der Waals surface area contributed by atoms with Crippen molar-refractivity contribution in [2.75, 3.05) is 0 Å². The van der Waals surface area contributed by atoms with Crippen LogP contribution in [0, 0.1) is 7.14 Å². The second-order valence-electron chi connectivity index (χ2n) is 6.10. The van der Waals surface area contributed by atoms with E-state index >= 15 is 0 Å². The minimum absolute atomic E-state index is 0.00245. The molecule has 0 saturated heterocycles. The highest BCUT2D eigenvalue weighted by atomic mass is 127. The number of halogens is 4. The molecule has 5 nitrogen and oxygen atoms in total. The van der Waals surface area contributed by atoms with Crippen molar-refractivity contribution < 1.29 is 19.4 Å². The molecule has 4 rings (SSSR count). The van der Waals surface area contributed by atoms with Gasteiger partial charge in [-0.05, 0) is 101 Å². The zero-order valence-electron chi connectivity index (χ0n) is 14.1. The van der Waals surface area contributed by atoms with E-state index in [9.17, 15) is 19.8 Å². The Morgan fingerprint density at radius 3 is 2.38 bits per heavy atom. The number of rotatable bonds is 2. The molecule has 2 aromatic rings. The summed E-state index contributed by atoms with van der Waals surface area (Å²) in [5, 5.41) is 20.7. The maximum Gasteiger partial charge on any atom is 0.336 e. The number of phenols is 1. The molecule has 0 unspecified atom stereocenters. The van der Waals surface area contributed by atoms with E-state index in [-0.39, 0.29) is 27.0 Å². The number of carbonyl (C=O) groups is 1. The molecule has 0 bridgehead atoms. The van der Waals surface area contributed by atoms with Gasteiger partial charge in [-0.2, -0.15) is 0 Å². The van der Waals surface area contributed by atoms with Crippen molar-refractivity contribution in [1.82, 2.24) is 0 Å². The Balaban J connectivity index is 2.34. The Morgan fingerprint density at radius 1 is 1.00 bits per heavy atom. The van der Waals surface area contributed by atoms with Crippen molar-refractivity contribution in [3.05, 3.63) is 68.3 Å². The van der Waals surface area contributed by atoms with Crippen LogP contribution >= 0.6 is 77.0 Å². The number of aromatic hydroxyl groups is 1. The van der Waals surface area contributed by atoms with Crippen LogP contribution in [-0.2, 0) is 0 Å². The highest BCUT2D eigenvalue weighted by Gasteiger charge is 2.27. The monoisotopic (exact) mass is 740 g/mol. The fourth-order valence-electron chi connectivity index (χ4n) is 3.17. The van der Waals surface area contributed by atoms with Gasteiger partial charge in [-0.25, -0.2) is 4.79 Å². The maximum atomic E-state index is 12.5. The largest absolute Gasteiger partial charge is 0.506 e. The van der Waals surface area contributed by atoms with E-state index in [1.54, 1.807) is 30.3 Å². The Bertz CT molecular complexity index is 1360.